The molecule has 0 radical (unpaired) electrons. The zero-order valence-corrected chi connectivity index (χ0v) is 60.6. The van der Waals surface area contributed by atoms with Crippen LogP contribution < -0.4 is 21.1 Å². The molecule has 0 aliphatic carbocycles. The highest BCUT2D eigenvalue weighted by Crippen LogP contribution is 2.42. The second-order valence-corrected chi connectivity index (χ2v) is 39.6. The zero-order chi connectivity index (χ0) is 68.1. The molecule has 2 atom stereocenters. The van der Waals surface area contributed by atoms with Crippen LogP contribution in [0, 0.1) is 22.5 Å². The summed E-state index contributed by atoms with van der Waals surface area (Å²) in [5, 5.41) is 3.18. The molecule has 0 unspecified atom stereocenters. The lowest BCUT2D eigenvalue weighted by atomic mass is 9.86. The Kier molecular flexibility index (Phi) is 24.2. The van der Waals surface area contributed by atoms with Crippen LogP contribution in [0.25, 0.3) is 21.8 Å². The number of nitrogens with one attached hydrogen (secondary N) is 1. The molecular formula is C70H93Cl3F2N4O10Si2. The number of ether oxygens (including phenoxy) is 2. The smallest absolute Gasteiger partial charge is 0.343 e. The van der Waals surface area contributed by atoms with Crippen molar-refractivity contribution in [2.45, 2.75) is 184 Å². The maximum Gasteiger partial charge on any atom is 0.343 e. The van der Waals surface area contributed by atoms with Gasteiger partial charge in [-0.05, 0) is 145 Å². The van der Waals surface area contributed by atoms with Crippen molar-refractivity contribution >= 4 is 108 Å². The molecule has 91 heavy (non-hydrogen) atoms. The molecule has 2 aromatic heterocycles. The zero-order valence-electron chi connectivity index (χ0n) is 56.4. The van der Waals surface area contributed by atoms with Gasteiger partial charge in [0.05, 0.1) is 59.6 Å². The number of nitrogens with zero attached hydrogens (tertiary/aromatic N) is 3. The topological polar surface area (TPSA) is 164 Å². The molecule has 1 N–H and O–H groups in total. The number of anilines is 2. The predicted octanol–water partition coefficient (Wildman–Crippen LogP) is 17.4. The molecule has 1 aliphatic heterocycles. The fourth-order valence-electron chi connectivity index (χ4n) is 10.3. The van der Waals surface area contributed by atoms with E-state index in [4.69, 9.17) is 53.1 Å². The summed E-state index contributed by atoms with van der Waals surface area (Å²) in [6.07, 6.45) is 5.33. The van der Waals surface area contributed by atoms with Crippen molar-refractivity contribution in [1.82, 2.24) is 9.13 Å². The summed E-state index contributed by atoms with van der Waals surface area (Å²) in [6, 6.07) is 16.3. The van der Waals surface area contributed by atoms with Crippen LogP contribution >= 0.6 is 34.8 Å². The van der Waals surface area contributed by atoms with Gasteiger partial charge in [0, 0.05) is 72.6 Å². The summed E-state index contributed by atoms with van der Waals surface area (Å²) in [4.78, 5) is 80.1. The van der Waals surface area contributed by atoms with E-state index in [2.05, 4.69) is 115 Å². The third-order valence-electron chi connectivity index (χ3n) is 17.9. The van der Waals surface area contributed by atoms with Crippen molar-refractivity contribution in [3.05, 3.63) is 149 Å². The monoisotopic (exact) mass is 1350 g/mol. The number of pyridine rings is 2. The fourth-order valence-corrected chi connectivity index (χ4v) is 12.9. The molecule has 1 fully saturated rings. The number of halogens is 5. The van der Waals surface area contributed by atoms with Crippen molar-refractivity contribution in [1.29, 1.82) is 0 Å². The first-order valence-corrected chi connectivity index (χ1v) is 38.4. The summed E-state index contributed by atoms with van der Waals surface area (Å²) in [5.41, 5.74) is 2.36. The molecule has 21 heteroatoms. The van der Waals surface area contributed by atoms with E-state index >= 15 is 8.78 Å². The van der Waals surface area contributed by atoms with Crippen LogP contribution in [-0.4, -0.2) is 88.4 Å². The lowest BCUT2D eigenvalue weighted by molar-refractivity contribution is -0.117. The van der Waals surface area contributed by atoms with Gasteiger partial charge in [0.2, 0.25) is 22.7 Å². The number of alkyl halides is 1. The number of hydrogen-bond acceptors (Lipinski definition) is 10. The number of carbonyl (C=O) groups excluding carboxylic acids is 4. The molecular weight excluding hydrogens is 1260 g/mol. The molecule has 0 saturated carbocycles. The lowest BCUT2D eigenvalue weighted by Gasteiger charge is -2.40. The van der Waals surface area contributed by atoms with Crippen LogP contribution in [0.4, 0.5) is 20.2 Å². The largest absolute Gasteiger partial charge is 0.462 e. The Bertz CT molecular complexity index is 3800. The SMILES string of the molecule is CCOC(=O)c1cn([C@H](CO[Si](C)(C)C(C)(C)C)C(C)(C)C)c2ccc(Cc3cc(N4CCCC4=O)cc(Cl)c3F)cc2c1=O.CCOC(=O)c1cn([C@H](CO[Si](C)(C)C(C)(C)C)C(C)(C)C)c2ccc(Cc3cc(NC(=O)CCCCl)cc(Cl)c3F)cc2c1=O. The highest BCUT2D eigenvalue weighted by Gasteiger charge is 2.41. The van der Waals surface area contributed by atoms with E-state index in [-0.39, 0.29) is 104 Å². The fraction of sp³-hybridized carbons (Fsp3) is 0.514. The van der Waals surface area contributed by atoms with Gasteiger partial charge < -0.3 is 37.7 Å². The highest BCUT2D eigenvalue weighted by molar-refractivity contribution is 6.74. The second kappa shape index (κ2) is 29.7. The van der Waals surface area contributed by atoms with Crippen LogP contribution in [0.15, 0.2) is 82.6 Å². The Morgan fingerprint density at radius 2 is 1.05 bits per heavy atom. The number of carbonyl (C=O) groups is 4. The van der Waals surface area contributed by atoms with Crippen LogP contribution in [0.1, 0.15) is 178 Å². The van der Waals surface area contributed by atoms with E-state index < -0.39 is 51.1 Å². The van der Waals surface area contributed by atoms with E-state index in [1.165, 1.54) is 18.2 Å². The van der Waals surface area contributed by atoms with Crippen LogP contribution in [0.5, 0.6) is 0 Å². The average molecular weight is 1350 g/mol. The first-order chi connectivity index (χ1) is 42.2. The molecule has 4 aromatic carbocycles. The number of rotatable bonds is 21. The maximum atomic E-state index is 15.3. The standard InChI is InChI=1S/C35H47Cl2FN2O5Si.C35H46ClFN2O5Si/c1-10-44-33(43)26-20-40(29(34(2,3)4)21-45-46(8,9)35(5,6)7)28-14-13-22(17-25(28)32(26)42)16-23-18-24(19-27(37)31(23)38)39-30(41)12-11-15-36;1-10-43-33(42)26-20-39(29(34(2,3)4)21-44-45(8,9)35(5,6)7)28-14-13-22(17-25(28)32(26)41)16-23-18-24(19-27(36)31(23)37)38-15-11-12-30(38)40/h13-14,17-20,29H,10-12,15-16,21H2,1-9H3,(H,39,41);13-14,17-20,29H,10-12,15-16,21H2,1-9H3/t2*29-/m11/s1. The van der Waals surface area contributed by atoms with E-state index in [1.807, 2.05) is 33.4 Å². The number of hydrogen-bond donors (Lipinski definition) is 1. The number of aromatic nitrogens is 2. The number of amides is 2. The molecule has 7 rings (SSSR count). The molecule has 0 bridgehead atoms. The van der Waals surface area contributed by atoms with Gasteiger partial charge in [0.25, 0.3) is 0 Å². The third kappa shape index (κ3) is 17.9. The Balaban J connectivity index is 0.000000289. The minimum absolute atomic E-state index is 0.00355. The van der Waals surface area contributed by atoms with Gasteiger partial charge in [-0.2, -0.15) is 0 Å². The maximum absolute atomic E-state index is 15.3. The summed E-state index contributed by atoms with van der Waals surface area (Å²) < 4.78 is 58.4. The average Bonchev–Trinajstić information content (AvgIpc) is 1.08. The van der Waals surface area contributed by atoms with Crippen molar-refractivity contribution in [3.8, 4) is 0 Å². The minimum atomic E-state index is -2.14. The van der Waals surface area contributed by atoms with Crippen molar-refractivity contribution in [2.24, 2.45) is 10.8 Å². The van der Waals surface area contributed by atoms with Gasteiger partial charge in [-0.3, -0.25) is 19.2 Å². The van der Waals surface area contributed by atoms with E-state index in [9.17, 15) is 28.8 Å². The first kappa shape index (κ1) is 74.3. The second-order valence-electron chi connectivity index (χ2n) is 28.8. The predicted molar refractivity (Wildman–Crippen MR) is 370 cm³/mol. The molecule has 6 aromatic rings. The Morgan fingerprint density at radius 3 is 1.44 bits per heavy atom. The molecule has 0 spiro atoms. The van der Waals surface area contributed by atoms with Gasteiger partial charge in [-0.25, -0.2) is 18.4 Å². The van der Waals surface area contributed by atoms with Crippen LogP contribution in [0.3, 0.4) is 0 Å². The van der Waals surface area contributed by atoms with Crippen molar-refractivity contribution < 1.29 is 46.3 Å². The third-order valence-corrected chi connectivity index (χ3v) is 27.7. The molecule has 496 valence electrons. The van der Waals surface area contributed by atoms with Crippen LogP contribution in [-0.2, 0) is 40.8 Å². The quantitative estimate of drug-likeness (QED) is 0.0417. The summed E-state index contributed by atoms with van der Waals surface area (Å²) in [7, 11) is -4.26. The molecule has 14 nitrogen and oxygen atoms in total. The Hall–Kier alpha value is -5.74. The summed E-state index contributed by atoms with van der Waals surface area (Å²) in [5.74, 6) is -2.51. The molecule has 3 heterocycles. The highest BCUT2D eigenvalue weighted by atomic mass is 35.5. The van der Waals surface area contributed by atoms with Gasteiger partial charge in [0.15, 0.2) is 16.6 Å². The number of fused-ring (bicyclic) bond motifs is 2. The van der Waals surface area contributed by atoms with Gasteiger partial charge >= 0.3 is 11.9 Å². The van der Waals surface area contributed by atoms with Gasteiger partial charge in [0.1, 0.15) is 22.8 Å². The number of benzene rings is 4. The Labute approximate surface area is 552 Å². The van der Waals surface area contributed by atoms with E-state index in [1.54, 1.807) is 49.3 Å². The Morgan fingerprint density at radius 1 is 0.626 bits per heavy atom. The van der Waals surface area contributed by atoms with Crippen molar-refractivity contribution in [3.63, 3.8) is 0 Å². The summed E-state index contributed by atoms with van der Waals surface area (Å²) in [6.45, 7) is 39.5. The molecule has 1 saturated heterocycles. The normalized spacial score (nSPS) is 14.1. The van der Waals surface area contributed by atoms with Gasteiger partial charge in [-0.15, -0.1) is 11.6 Å². The van der Waals surface area contributed by atoms with Crippen LogP contribution in [0.2, 0.25) is 46.3 Å². The number of esters is 2. The van der Waals surface area contributed by atoms with E-state index in [0.29, 0.717) is 88.4 Å². The molecule has 1 aliphatic rings. The molecule has 2 amide bonds. The lowest BCUT2D eigenvalue weighted by Crippen LogP contribution is -2.43. The van der Waals surface area contributed by atoms with E-state index in [0.717, 1.165) is 6.42 Å². The van der Waals surface area contributed by atoms with Gasteiger partial charge in [-0.1, -0.05) is 118 Å². The van der Waals surface area contributed by atoms with Crippen molar-refractivity contribution in [2.75, 3.05) is 49.1 Å². The summed E-state index contributed by atoms with van der Waals surface area (Å²) >= 11 is 18.2. The minimum Gasteiger partial charge on any atom is -0.462 e. The first-order valence-electron chi connectivity index (χ1n) is 31.3.